The van der Waals surface area contributed by atoms with Crippen LogP contribution in [-0.4, -0.2) is 39.1 Å². The minimum absolute atomic E-state index is 0.130. The molecule has 0 aromatic heterocycles. The number of nitrogens with zero attached hydrogens (tertiary/aromatic N) is 1. The molecule has 1 aromatic carbocycles. The molecular formula is C15H23N3O5S. The molecule has 1 aromatic rings. The average Bonchev–Trinajstić information content (AvgIpc) is 2.99. The zero-order chi connectivity index (χ0) is 17.7. The summed E-state index contributed by atoms with van der Waals surface area (Å²) in [5, 5.41) is 14.5. The second-order valence-corrected chi connectivity index (χ2v) is 7.75. The van der Waals surface area contributed by atoms with Gasteiger partial charge < -0.3 is 10.1 Å². The van der Waals surface area contributed by atoms with Crippen molar-refractivity contribution < 1.29 is 18.1 Å². The Kier molecular flexibility index (Phi) is 6.14. The molecule has 8 nitrogen and oxygen atoms in total. The minimum Gasteiger partial charge on any atom is -0.383 e. The van der Waals surface area contributed by atoms with Gasteiger partial charge in [0.2, 0.25) is 10.0 Å². The van der Waals surface area contributed by atoms with Gasteiger partial charge in [0, 0.05) is 25.3 Å². The van der Waals surface area contributed by atoms with Crippen LogP contribution in [-0.2, 0) is 14.8 Å². The topological polar surface area (TPSA) is 111 Å². The fraction of sp³-hybridized carbons (Fsp3) is 0.600. The van der Waals surface area contributed by atoms with Crippen molar-refractivity contribution in [2.24, 2.45) is 0 Å². The molecule has 2 N–H and O–H groups in total. The Morgan fingerprint density at radius 3 is 2.62 bits per heavy atom. The van der Waals surface area contributed by atoms with E-state index in [4.69, 9.17) is 4.74 Å². The molecule has 0 aliphatic heterocycles. The first-order valence-corrected chi connectivity index (χ1v) is 9.38. The monoisotopic (exact) mass is 357 g/mol. The van der Waals surface area contributed by atoms with Gasteiger partial charge in [-0.25, -0.2) is 13.1 Å². The smallest absolute Gasteiger partial charge is 0.293 e. The highest BCUT2D eigenvalue weighted by Crippen LogP contribution is 2.31. The zero-order valence-electron chi connectivity index (χ0n) is 13.8. The Balaban J connectivity index is 2.25. The Labute approximate surface area is 141 Å². The summed E-state index contributed by atoms with van der Waals surface area (Å²) in [5.74, 6) is 0. The lowest BCUT2D eigenvalue weighted by Gasteiger charge is -2.16. The van der Waals surface area contributed by atoms with Gasteiger partial charge in [0.15, 0.2) is 0 Å². The van der Waals surface area contributed by atoms with Crippen LogP contribution in [0.3, 0.4) is 0 Å². The van der Waals surface area contributed by atoms with Crippen LogP contribution in [0.1, 0.15) is 32.6 Å². The number of methoxy groups -OCH3 is 1. The minimum atomic E-state index is -3.84. The molecule has 0 saturated heterocycles. The highest BCUT2D eigenvalue weighted by molar-refractivity contribution is 7.89. The number of nitro benzene ring substituents is 1. The van der Waals surface area contributed by atoms with Gasteiger partial charge in [0.05, 0.1) is 16.4 Å². The zero-order valence-corrected chi connectivity index (χ0v) is 14.6. The maximum absolute atomic E-state index is 12.3. The number of sulfonamides is 1. The summed E-state index contributed by atoms with van der Waals surface area (Å²) in [6.45, 7) is 1.87. The highest BCUT2D eigenvalue weighted by atomic mass is 32.2. The molecule has 1 aliphatic carbocycles. The van der Waals surface area contributed by atoms with Crippen LogP contribution in [0, 0.1) is 10.1 Å². The maximum Gasteiger partial charge on any atom is 0.293 e. The van der Waals surface area contributed by atoms with Crippen molar-refractivity contribution in [2.75, 3.05) is 19.0 Å². The van der Waals surface area contributed by atoms with Crippen molar-refractivity contribution in [1.82, 2.24) is 4.72 Å². The van der Waals surface area contributed by atoms with Crippen LogP contribution in [0.5, 0.6) is 0 Å². The third-order valence-electron chi connectivity index (χ3n) is 3.96. The summed E-state index contributed by atoms with van der Waals surface area (Å²) in [6.07, 6.45) is 4.12. The van der Waals surface area contributed by atoms with Gasteiger partial charge in [0.1, 0.15) is 5.69 Å². The summed E-state index contributed by atoms with van der Waals surface area (Å²) in [6, 6.07) is 3.71. The van der Waals surface area contributed by atoms with E-state index in [2.05, 4.69) is 10.0 Å². The summed E-state index contributed by atoms with van der Waals surface area (Å²) in [4.78, 5) is 10.6. The maximum atomic E-state index is 12.3. The van der Waals surface area contributed by atoms with Gasteiger partial charge in [-0.1, -0.05) is 12.8 Å². The SMILES string of the molecule is COC[C@@H](C)NS(=O)(=O)c1ccc(NC2CCCC2)c([N+](=O)[O-])c1. The van der Waals surface area contributed by atoms with Crippen LogP contribution in [0.4, 0.5) is 11.4 Å². The second kappa shape index (κ2) is 7.91. The number of anilines is 1. The summed E-state index contributed by atoms with van der Waals surface area (Å²) in [7, 11) is -2.37. The van der Waals surface area contributed by atoms with Crippen LogP contribution < -0.4 is 10.0 Å². The van der Waals surface area contributed by atoms with E-state index in [1.165, 1.54) is 19.2 Å². The van der Waals surface area contributed by atoms with Crippen molar-refractivity contribution in [3.63, 3.8) is 0 Å². The quantitative estimate of drug-likeness (QED) is 0.545. The predicted molar refractivity (Wildman–Crippen MR) is 90.6 cm³/mol. The summed E-state index contributed by atoms with van der Waals surface area (Å²) >= 11 is 0. The van der Waals surface area contributed by atoms with Gasteiger partial charge in [-0.2, -0.15) is 0 Å². The van der Waals surface area contributed by atoms with Gasteiger partial charge in [-0.3, -0.25) is 10.1 Å². The molecule has 0 heterocycles. The normalized spacial score (nSPS) is 16.9. The van der Waals surface area contributed by atoms with E-state index in [0.29, 0.717) is 5.69 Å². The number of nitro groups is 1. The molecular weight excluding hydrogens is 334 g/mol. The molecule has 0 amide bonds. The number of nitrogens with one attached hydrogen (secondary N) is 2. The fourth-order valence-electron chi connectivity index (χ4n) is 2.86. The number of ether oxygens (including phenoxy) is 1. The van der Waals surface area contributed by atoms with E-state index in [9.17, 15) is 18.5 Å². The standard InChI is InChI=1S/C15H23N3O5S/c1-11(10-23-2)17-24(21,22)13-7-8-14(15(9-13)18(19)20)16-12-5-3-4-6-12/h7-9,11-12,16-17H,3-6,10H2,1-2H3/t11-/m1/s1. The first kappa shape index (κ1) is 18.6. The van der Waals surface area contributed by atoms with E-state index in [-0.39, 0.29) is 23.2 Å². The van der Waals surface area contributed by atoms with Gasteiger partial charge in [-0.05, 0) is 31.9 Å². The van der Waals surface area contributed by atoms with Crippen molar-refractivity contribution >= 4 is 21.4 Å². The van der Waals surface area contributed by atoms with Crippen molar-refractivity contribution in [1.29, 1.82) is 0 Å². The highest BCUT2D eigenvalue weighted by Gasteiger charge is 2.24. The Hall–Kier alpha value is -1.71. The van der Waals surface area contributed by atoms with E-state index >= 15 is 0 Å². The number of rotatable bonds is 8. The predicted octanol–water partition coefficient (Wildman–Crippen LogP) is 2.26. The Morgan fingerprint density at radius 1 is 1.38 bits per heavy atom. The second-order valence-electron chi connectivity index (χ2n) is 6.04. The Morgan fingerprint density at radius 2 is 2.04 bits per heavy atom. The van der Waals surface area contributed by atoms with E-state index in [1.807, 2.05) is 0 Å². The third kappa shape index (κ3) is 4.65. The molecule has 0 spiro atoms. The molecule has 24 heavy (non-hydrogen) atoms. The molecule has 2 rings (SSSR count). The molecule has 0 unspecified atom stereocenters. The first-order valence-electron chi connectivity index (χ1n) is 7.89. The van der Waals surface area contributed by atoms with Crippen molar-refractivity contribution in [3.05, 3.63) is 28.3 Å². The van der Waals surface area contributed by atoms with Crippen LogP contribution in [0.2, 0.25) is 0 Å². The van der Waals surface area contributed by atoms with Gasteiger partial charge >= 0.3 is 0 Å². The van der Waals surface area contributed by atoms with E-state index in [0.717, 1.165) is 31.7 Å². The third-order valence-corrected chi connectivity index (χ3v) is 5.55. The van der Waals surface area contributed by atoms with E-state index < -0.39 is 21.0 Å². The molecule has 0 bridgehead atoms. The molecule has 1 fully saturated rings. The fourth-order valence-corrected chi connectivity index (χ4v) is 4.11. The molecule has 9 heteroatoms. The van der Waals surface area contributed by atoms with E-state index in [1.54, 1.807) is 6.92 Å². The van der Waals surface area contributed by atoms with Crippen molar-refractivity contribution in [2.45, 2.75) is 49.6 Å². The molecule has 1 aliphatic rings. The van der Waals surface area contributed by atoms with Gasteiger partial charge in [0.25, 0.3) is 5.69 Å². The summed E-state index contributed by atoms with van der Waals surface area (Å²) < 4.78 is 32.0. The van der Waals surface area contributed by atoms with Crippen LogP contribution >= 0.6 is 0 Å². The molecule has 1 saturated carbocycles. The lowest BCUT2D eigenvalue weighted by atomic mass is 10.2. The molecule has 134 valence electrons. The number of hydrogen-bond acceptors (Lipinski definition) is 6. The Bertz CT molecular complexity index is 686. The molecule has 1 atom stereocenters. The number of hydrogen-bond donors (Lipinski definition) is 2. The average molecular weight is 357 g/mol. The van der Waals surface area contributed by atoms with Crippen LogP contribution in [0.15, 0.2) is 23.1 Å². The molecule has 0 radical (unpaired) electrons. The number of benzene rings is 1. The first-order chi connectivity index (χ1) is 11.3. The van der Waals surface area contributed by atoms with Crippen LogP contribution in [0.25, 0.3) is 0 Å². The lowest BCUT2D eigenvalue weighted by molar-refractivity contribution is -0.384. The lowest BCUT2D eigenvalue weighted by Crippen LogP contribution is -2.35. The largest absolute Gasteiger partial charge is 0.383 e. The van der Waals surface area contributed by atoms with Crippen molar-refractivity contribution in [3.8, 4) is 0 Å². The van der Waals surface area contributed by atoms with Gasteiger partial charge in [-0.15, -0.1) is 0 Å². The summed E-state index contributed by atoms with van der Waals surface area (Å²) in [5.41, 5.74) is 0.125.